The lowest BCUT2D eigenvalue weighted by Crippen LogP contribution is -2.49. The molecule has 3 aromatic carbocycles. The molecule has 3 aliphatic carbocycles. The van der Waals surface area contributed by atoms with Crippen LogP contribution in [0.5, 0.6) is 5.75 Å². The average Bonchev–Trinajstić information content (AvgIpc) is 3.00. The molecule has 3 aromatic rings. The number of amides is 2. The van der Waals surface area contributed by atoms with Gasteiger partial charge in [0.1, 0.15) is 5.75 Å². The first kappa shape index (κ1) is 18.4. The highest BCUT2D eigenvalue weighted by atomic mass is 16.5. The molecule has 1 aliphatic heterocycles. The molecule has 4 aliphatic rings. The summed E-state index contributed by atoms with van der Waals surface area (Å²) in [5.74, 6) is 0.0898. The number of rotatable bonds is 3. The van der Waals surface area contributed by atoms with Crippen molar-refractivity contribution >= 4 is 11.8 Å². The highest BCUT2D eigenvalue weighted by molar-refractivity contribution is 6.09. The van der Waals surface area contributed by atoms with Gasteiger partial charge in [-0.25, -0.2) is 0 Å². The summed E-state index contributed by atoms with van der Waals surface area (Å²) >= 11 is 0. The van der Waals surface area contributed by atoms with Gasteiger partial charge in [0.05, 0.1) is 25.0 Å². The van der Waals surface area contributed by atoms with Gasteiger partial charge in [0, 0.05) is 11.8 Å². The summed E-state index contributed by atoms with van der Waals surface area (Å²) in [5, 5.41) is 0. The molecule has 2 bridgehead atoms. The van der Waals surface area contributed by atoms with Crippen molar-refractivity contribution in [3.8, 4) is 5.75 Å². The SMILES string of the molecule is COc1ccc(CN2C(=O)[C@H]3C4c5ccccc5C(c5ccccc54)[C@]3(C)C2=O)cc1. The number of carbonyl (C=O) groups excluding carboxylic acids is 2. The Kier molecular flexibility index (Phi) is 3.73. The van der Waals surface area contributed by atoms with Crippen molar-refractivity contribution in [3.05, 3.63) is 101 Å². The fourth-order valence-corrected chi connectivity index (χ4v) is 6.26. The van der Waals surface area contributed by atoms with Gasteiger partial charge in [-0.3, -0.25) is 14.5 Å². The molecule has 0 spiro atoms. The lowest BCUT2D eigenvalue weighted by Gasteiger charge is -2.51. The first-order chi connectivity index (χ1) is 15.1. The summed E-state index contributed by atoms with van der Waals surface area (Å²) < 4.78 is 5.24. The van der Waals surface area contributed by atoms with E-state index in [0.29, 0.717) is 6.54 Å². The monoisotopic (exact) mass is 409 g/mol. The standard InChI is InChI=1S/C27H23NO3/c1-27-23-20-9-5-3-7-18(20)22(19-8-4-6-10-21(19)23)24(27)25(29)28(26(27)30)15-16-11-13-17(31-2)14-12-16/h3-14,22-24H,15H2,1-2H3/t22?,23?,24-,27+/m1/s1. The summed E-state index contributed by atoms with van der Waals surface area (Å²) in [4.78, 5) is 29.2. The molecule has 0 N–H and O–H groups in total. The van der Waals surface area contributed by atoms with Crippen LogP contribution in [0.3, 0.4) is 0 Å². The number of hydrogen-bond donors (Lipinski definition) is 0. The van der Waals surface area contributed by atoms with Crippen molar-refractivity contribution in [1.29, 1.82) is 0 Å². The van der Waals surface area contributed by atoms with Crippen molar-refractivity contribution in [1.82, 2.24) is 4.90 Å². The van der Waals surface area contributed by atoms with Crippen LogP contribution in [-0.4, -0.2) is 23.8 Å². The summed E-state index contributed by atoms with van der Waals surface area (Å²) in [6, 6.07) is 24.2. The molecule has 31 heavy (non-hydrogen) atoms. The third-order valence-corrected chi connectivity index (χ3v) is 7.60. The quantitative estimate of drug-likeness (QED) is 0.600. The van der Waals surface area contributed by atoms with Crippen LogP contribution in [0.15, 0.2) is 72.8 Å². The van der Waals surface area contributed by atoms with E-state index in [1.807, 2.05) is 55.5 Å². The second kappa shape index (κ2) is 6.30. The van der Waals surface area contributed by atoms with Crippen molar-refractivity contribution in [3.63, 3.8) is 0 Å². The van der Waals surface area contributed by atoms with Crippen LogP contribution < -0.4 is 4.74 Å². The van der Waals surface area contributed by atoms with Crippen LogP contribution in [0.1, 0.15) is 46.6 Å². The van der Waals surface area contributed by atoms with E-state index in [9.17, 15) is 9.59 Å². The molecule has 1 fully saturated rings. The molecule has 154 valence electrons. The Balaban J connectivity index is 1.48. The average molecular weight is 409 g/mol. The largest absolute Gasteiger partial charge is 0.497 e. The number of hydrogen-bond acceptors (Lipinski definition) is 3. The number of methoxy groups -OCH3 is 1. The zero-order chi connectivity index (χ0) is 21.3. The lowest BCUT2D eigenvalue weighted by molar-refractivity contribution is -0.142. The summed E-state index contributed by atoms with van der Waals surface area (Å²) in [7, 11) is 1.62. The van der Waals surface area contributed by atoms with E-state index >= 15 is 0 Å². The molecule has 1 heterocycles. The summed E-state index contributed by atoms with van der Waals surface area (Å²) in [5.41, 5.74) is 4.93. The van der Waals surface area contributed by atoms with Gasteiger partial charge in [0.2, 0.25) is 11.8 Å². The molecule has 0 aromatic heterocycles. The molecule has 0 radical (unpaired) electrons. The number of imide groups is 1. The molecule has 4 nitrogen and oxygen atoms in total. The van der Waals surface area contributed by atoms with Crippen LogP contribution in [-0.2, 0) is 16.1 Å². The fraction of sp³-hybridized carbons (Fsp3) is 0.259. The molecule has 7 rings (SSSR count). The zero-order valence-corrected chi connectivity index (χ0v) is 17.5. The van der Waals surface area contributed by atoms with Gasteiger partial charge in [-0.05, 0) is 46.9 Å². The Labute approximate surface area is 181 Å². The minimum Gasteiger partial charge on any atom is -0.497 e. The lowest BCUT2D eigenvalue weighted by atomic mass is 9.48. The van der Waals surface area contributed by atoms with E-state index in [1.54, 1.807) is 7.11 Å². The topological polar surface area (TPSA) is 46.6 Å². The van der Waals surface area contributed by atoms with E-state index in [2.05, 4.69) is 24.3 Å². The zero-order valence-electron chi connectivity index (χ0n) is 17.5. The number of nitrogens with zero attached hydrogens (tertiary/aromatic N) is 1. The first-order valence-corrected chi connectivity index (χ1v) is 10.7. The Morgan fingerprint density at radius 1 is 0.839 bits per heavy atom. The van der Waals surface area contributed by atoms with Crippen LogP contribution in [0, 0.1) is 11.3 Å². The summed E-state index contributed by atoms with van der Waals surface area (Å²) in [6.07, 6.45) is 0. The van der Waals surface area contributed by atoms with Gasteiger partial charge in [-0.15, -0.1) is 0 Å². The molecule has 4 heteroatoms. The fourth-order valence-electron chi connectivity index (χ4n) is 6.26. The van der Waals surface area contributed by atoms with Crippen LogP contribution >= 0.6 is 0 Å². The second-order valence-corrected chi connectivity index (χ2v) is 9.01. The van der Waals surface area contributed by atoms with Crippen molar-refractivity contribution in [2.24, 2.45) is 11.3 Å². The number of carbonyl (C=O) groups is 2. The van der Waals surface area contributed by atoms with E-state index in [-0.39, 0.29) is 29.6 Å². The van der Waals surface area contributed by atoms with Gasteiger partial charge in [-0.2, -0.15) is 0 Å². The van der Waals surface area contributed by atoms with E-state index < -0.39 is 5.41 Å². The van der Waals surface area contributed by atoms with E-state index in [4.69, 9.17) is 4.74 Å². The maximum atomic E-state index is 13.9. The minimum atomic E-state index is -0.767. The van der Waals surface area contributed by atoms with E-state index in [0.717, 1.165) is 11.3 Å². The Hall–Kier alpha value is -3.40. The predicted molar refractivity (Wildman–Crippen MR) is 117 cm³/mol. The number of ether oxygens (including phenoxy) is 1. The number of likely N-dealkylation sites (tertiary alicyclic amines) is 1. The Morgan fingerprint density at radius 2 is 1.39 bits per heavy atom. The maximum absolute atomic E-state index is 13.9. The van der Waals surface area contributed by atoms with Gasteiger partial charge in [0.25, 0.3) is 0 Å². The highest BCUT2D eigenvalue weighted by Gasteiger charge is 2.68. The van der Waals surface area contributed by atoms with Crippen LogP contribution in [0.2, 0.25) is 0 Å². The van der Waals surface area contributed by atoms with Crippen molar-refractivity contribution in [2.75, 3.05) is 7.11 Å². The molecule has 0 unspecified atom stereocenters. The number of benzene rings is 3. The Morgan fingerprint density at radius 3 is 1.94 bits per heavy atom. The van der Waals surface area contributed by atoms with Crippen LogP contribution in [0.4, 0.5) is 0 Å². The third-order valence-electron chi connectivity index (χ3n) is 7.60. The maximum Gasteiger partial charge on any atom is 0.237 e. The van der Waals surface area contributed by atoms with E-state index in [1.165, 1.54) is 27.2 Å². The first-order valence-electron chi connectivity index (χ1n) is 10.7. The second-order valence-electron chi connectivity index (χ2n) is 9.01. The van der Waals surface area contributed by atoms with Crippen molar-refractivity contribution < 1.29 is 14.3 Å². The normalized spacial score (nSPS) is 27.7. The predicted octanol–water partition coefficient (Wildman–Crippen LogP) is 4.48. The molecule has 1 saturated heterocycles. The van der Waals surface area contributed by atoms with Gasteiger partial charge in [0.15, 0.2) is 0 Å². The highest BCUT2D eigenvalue weighted by Crippen LogP contribution is 2.66. The van der Waals surface area contributed by atoms with Crippen LogP contribution in [0.25, 0.3) is 0 Å². The minimum absolute atomic E-state index is 0.0534. The Bertz CT molecular complexity index is 1180. The molecule has 2 amide bonds. The molecule has 2 atom stereocenters. The van der Waals surface area contributed by atoms with Gasteiger partial charge < -0.3 is 4.74 Å². The summed E-state index contributed by atoms with van der Waals surface area (Å²) in [6.45, 7) is 2.30. The molecule has 0 saturated carbocycles. The molecular formula is C27H23NO3. The smallest absolute Gasteiger partial charge is 0.237 e. The van der Waals surface area contributed by atoms with Gasteiger partial charge in [-0.1, -0.05) is 60.7 Å². The van der Waals surface area contributed by atoms with Crippen molar-refractivity contribution in [2.45, 2.75) is 25.3 Å². The third kappa shape index (κ3) is 2.25. The van der Waals surface area contributed by atoms with Gasteiger partial charge >= 0.3 is 0 Å². The molecular weight excluding hydrogens is 386 g/mol.